The van der Waals surface area contributed by atoms with Crippen LogP contribution in [0, 0.1) is 6.92 Å². The van der Waals surface area contributed by atoms with E-state index in [0.717, 1.165) is 36.0 Å². The maximum atomic E-state index is 11.4. The van der Waals surface area contributed by atoms with E-state index in [4.69, 9.17) is 4.74 Å². The molecule has 0 unspecified atom stereocenters. The van der Waals surface area contributed by atoms with Crippen molar-refractivity contribution in [3.8, 4) is 0 Å². The minimum Gasteiger partial charge on any atom is -0.465 e. The van der Waals surface area contributed by atoms with Gasteiger partial charge in [-0.2, -0.15) is 0 Å². The SMILES string of the molecule is CCNC(=NCc1ncc(C)s1)NCCc1ccc(C(=O)OC)cc1.I. The first-order valence-corrected chi connectivity index (χ1v) is 9.04. The standard InChI is InChI=1S/C18H24N4O2S.HI/c1-4-19-18(22-12-16-21-11-13(2)25-16)20-10-9-14-5-7-15(8-6-14)17(23)24-3;/h5-8,11H,4,9-10,12H2,1-3H3,(H2,19,20,22);1H. The van der Waals surface area contributed by atoms with E-state index in [2.05, 4.69) is 20.6 Å². The fourth-order valence-corrected chi connectivity index (χ4v) is 2.93. The first-order chi connectivity index (χ1) is 12.1. The zero-order chi connectivity index (χ0) is 18.1. The number of thiazole rings is 1. The van der Waals surface area contributed by atoms with Gasteiger partial charge >= 0.3 is 5.97 Å². The molecule has 0 saturated heterocycles. The number of methoxy groups -OCH3 is 1. The normalized spacial score (nSPS) is 10.8. The molecule has 0 aliphatic carbocycles. The predicted molar refractivity (Wildman–Crippen MR) is 117 cm³/mol. The molecule has 0 fully saturated rings. The summed E-state index contributed by atoms with van der Waals surface area (Å²) < 4.78 is 4.70. The topological polar surface area (TPSA) is 75.6 Å². The first kappa shape index (κ1) is 22.4. The molecule has 1 aromatic carbocycles. The van der Waals surface area contributed by atoms with E-state index < -0.39 is 0 Å². The van der Waals surface area contributed by atoms with Gasteiger partial charge in [-0.15, -0.1) is 35.3 Å². The predicted octanol–water partition coefficient (Wildman–Crippen LogP) is 3.15. The van der Waals surface area contributed by atoms with Crippen molar-refractivity contribution >= 4 is 47.2 Å². The number of hydrogen-bond donors (Lipinski definition) is 2. The highest BCUT2D eigenvalue weighted by Gasteiger charge is 2.05. The third-order valence-electron chi connectivity index (χ3n) is 3.47. The molecular formula is C18H25IN4O2S. The van der Waals surface area contributed by atoms with Crippen molar-refractivity contribution < 1.29 is 9.53 Å². The summed E-state index contributed by atoms with van der Waals surface area (Å²) in [5.41, 5.74) is 1.71. The number of halogens is 1. The van der Waals surface area contributed by atoms with Crippen LogP contribution in [0.3, 0.4) is 0 Å². The number of nitrogens with zero attached hydrogens (tertiary/aromatic N) is 2. The smallest absolute Gasteiger partial charge is 0.337 e. The fourth-order valence-electron chi connectivity index (χ4n) is 2.21. The Bertz CT molecular complexity index is 716. The summed E-state index contributed by atoms with van der Waals surface area (Å²) in [6, 6.07) is 7.45. The number of nitrogens with one attached hydrogen (secondary N) is 2. The highest BCUT2D eigenvalue weighted by atomic mass is 127. The maximum Gasteiger partial charge on any atom is 0.337 e. The minimum absolute atomic E-state index is 0. The summed E-state index contributed by atoms with van der Waals surface area (Å²) in [4.78, 5) is 21.5. The van der Waals surface area contributed by atoms with Crippen LogP contribution >= 0.6 is 35.3 Å². The molecule has 142 valence electrons. The second kappa shape index (κ2) is 11.8. The van der Waals surface area contributed by atoms with Gasteiger partial charge in [-0.3, -0.25) is 0 Å². The lowest BCUT2D eigenvalue weighted by Gasteiger charge is -2.11. The average molecular weight is 488 g/mol. The number of aromatic nitrogens is 1. The zero-order valence-electron chi connectivity index (χ0n) is 15.2. The number of rotatable bonds is 7. The monoisotopic (exact) mass is 488 g/mol. The Morgan fingerprint density at radius 1 is 1.27 bits per heavy atom. The largest absolute Gasteiger partial charge is 0.465 e. The van der Waals surface area contributed by atoms with Crippen molar-refractivity contribution in [1.82, 2.24) is 15.6 Å². The highest BCUT2D eigenvalue weighted by molar-refractivity contribution is 14.0. The van der Waals surface area contributed by atoms with Crippen LogP contribution in [0.5, 0.6) is 0 Å². The van der Waals surface area contributed by atoms with Gasteiger partial charge in [-0.05, 0) is 38.0 Å². The highest BCUT2D eigenvalue weighted by Crippen LogP contribution is 2.11. The van der Waals surface area contributed by atoms with Gasteiger partial charge < -0.3 is 15.4 Å². The van der Waals surface area contributed by atoms with Crippen LogP contribution < -0.4 is 10.6 Å². The Morgan fingerprint density at radius 3 is 2.58 bits per heavy atom. The quantitative estimate of drug-likeness (QED) is 0.271. The number of guanidine groups is 1. The van der Waals surface area contributed by atoms with E-state index in [-0.39, 0.29) is 29.9 Å². The molecule has 0 amide bonds. The first-order valence-electron chi connectivity index (χ1n) is 8.23. The third kappa shape index (κ3) is 7.28. The van der Waals surface area contributed by atoms with E-state index in [1.54, 1.807) is 23.5 Å². The van der Waals surface area contributed by atoms with Crippen molar-refractivity contribution in [2.75, 3.05) is 20.2 Å². The third-order valence-corrected chi connectivity index (χ3v) is 4.36. The van der Waals surface area contributed by atoms with Gasteiger partial charge in [0, 0.05) is 24.2 Å². The molecule has 0 aliphatic rings. The molecule has 0 atom stereocenters. The number of carbonyl (C=O) groups excluding carboxylic acids is 1. The number of benzene rings is 1. The van der Waals surface area contributed by atoms with Gasteiger partial charge in [-0.25, -0.2) is 14.8 Å². The molecule has 1 aromatic heterocycles. The molecule has 0 bridgehead atoms. The van der Waals surface area contributed by atoms with Crippen molar-refractivity contribution in [3.63, 3.8) is 0 Å². The zero-order valence-corrected chi connectivity index (χ0v) is 18.4. The number of hydrogen-bond acceptors (Lipinski definition) is 5. The molecule has 2 N–H and O–H groups in total. The second-order valence-corrected chi connectivity index (χ2v) is 6.74. The number of carbonyl (C=O) groups is 1. The second-order valence-electron chi connectivity index (χ2n) is 5.43. The van der Waals surface area contributed by atoms with Crippen LogP contribution in [0.15, 0.2) is 35.5 Å². The fraction of sp³-hybridized carbons (Fsp3) is 0.389. The summed E-state index contributed by atoms with van der Waals surface area (Å²) >= 11 is 1.66. The Morgan fingerprint density at radius 2 is 2.00 bits per heavy atom. The van der Waals surface area contributed by atoms with Gasteiger partial charge in [-0.1, -0.05) is 12.1 Å². The van der Waals surface area contributed by atoms with E-state index in [1.165, 1.54) is 12.0 Å². The van der Waals surface area contributed by atoms with Crippen LogP contribution in [-0.2, 0) is 17.7 Å². The van der Waals surface area contributed by atoms with Crippen molar-refractivity contribution in [3.05, 3.63) is 51.5 Å². The summed E-state index contributed by atoms with van der Waals surface area (Å²) in [5, 5.41) is 7.56. The summed E-state index contributed by atoms with van der Waals surface area (Å²) in [5.74, 6) is 0.463. The van der Waals surface area contributed by atoms with Crippen molar-refractivity contribution in [2.24, 2.45) is 4.99 Å². The summed E-state index contributed by atoms with van der Waals surface area (Å²) in [6.07, 6.45) is 2.70. The van der Waals surface area contributed by atoms with Gasteiger partial charge in [0.1, 0.15) is 5.01 Å². The van der Waals surface area contributed by atoms with Crippen LogP contribution in [-0.4, -0.2) is 37.1 Å². The van der Waals surface area contributed by atoms with Crippen LogP contribution in [0.4, 0.5) is 0 Å². The average Bonchev–Trinajstić information content (AvgIpc) is 3.05. The van der Waals surface area contributed by atoms with Gasteiger partial charge in [0.2, 0.25) is 0 Å². The van der Waals surface area contributed by atoms with Crippen LogP contribution in [0.25, 0.3) is 0 Å². The lowest BCUT2D eigenvalue weighted by Crippen LogP contribution is -2.38. The van der Waals surface area contributed by atoms with Crippen LogP contribution in [0.2, 0.25) is 0 Å². The molecule has 26 heavy (non-hydrogen) atoms. The molecule has 0 saturated carbocycles. The molecule has 8 heteroatoms. The van der Waals surface area contributed by atoms with Crippen LogP contribution in [0.1, 0.15) is 32.7 Å². The lowest BCUT2D eigenvalue weighted by molar-refractivity contribution is 0.0600. The van der Waals surface area contributed by atoms with E-state index >= 15 is 0 Å². The molecular weight excluding hydrogens is 463 g/mol. The number of ether oxygens (including phenoxy) is 1. The Labute approximate surface area is 175 Å². The number of aryl methyl sites for hydroxylation is 1. The minimum atomic E-state index is -0.316. The Hall–Kier alpha value is -1.68. The van der Waals surface area contributed by atoms with Gasteiger partial charge in [0.05, 0.1) is 19.2 Å². The number of aliphatic imine (C=N–C) groups is 1. The molecule has 0 radical (unpaired) electrons. The Kier molecular flexibility index (Phi) is 10.2. The Balaban J connectivity index is 0.00000338. The van der Waals surface area contributed by atoms with Gasteiger partial charge in [0.15, 0.2) is 5.96 Å². The van der Waals surface area contributed by atoms with Crippen molar-refractivity contribution in [2.45, 2.75) is 26.8 Å². The summed E-state index contributed by atoms with van der Waals surface area (Å²) in [6.45, 7) is 6.20. The molecule has 0 aliphatic heterocycles. The van der Waals surface area contributed by atoms with Gasteiger partial charge in [0.25, 0.3) is 0 Å². The summed E-state index contributed by atoms with van der Waals surface area (Å²) in [7, 11) is 1.38. The molecule has 1 heterocycles. The molecule has 6 nitrogen and oxygen atoms in total. The maximum absolute atomic E-state index is 11.4. The van der Waals surface area contributed by atoms with E-state index in [9.17, 15) is 4.79 Å². The molecule has 2 aromatic rings. The van der Waals surface area contributed by atoms with Crippen molar-refractivity contribution in [1.29, 1.82) is 0 Å². The van der Waals surface area contributed by atoms with E-state index in [1.807, 2.05) is 32.2 Å². The molecule has 0 spiro atoms. The molecule has 2 rings (SSSR count). The lowest BCUT2D eigenvalue weighted by atomic mass is 10.1. The number of esters is 1. The van der Waals surface area contributed by atoms with E-state index in [0.29, 0.717) is 12.1 Å².